The smallest absolute Gasteiger partial charge is 0.265 e. The van der Waals surface area contributed by atoms with E-state index in [0.717, 1.165) is 3.79 Å². The highest BCUT2D eigenvalue weighted by Gasteiger charge is 2.11. The van der Waals surface area contributed by atoms with Crippen LogP contribution in [0.5, 0.6) is 0 Å². The predicted molar refractivity (Wildman–Crippen MR) is 76.1 cm³/mol. The highest BCUT2D eigenvalue weighted by atomic mass is 79.9. The van der Waals surface area contributed by atoms with Crippen LogP contribution in [0.2, 0.25) is 5.02 Å². The molecule has 0 saturated carbocycles. The van der Waals surface area contributed by atoms with Crippen molar-refractivity contribution in [1.29, 1.82) is 5.26 Å². The molecule has 0 aliphatic carbocycles. The van der Waals surface area contributed by atoms with Gasteiger partial charge in [-0.1, -0.05) is 11.6 Å². The summed E-state index contributed by atoms with van der Waals surface area (Å²) in [5.74, 6) is -0.260. The molecule has 1 N–H and O–H groups in total. The van der Waals surface area contributed by atoms with Gasteiger partial charge in [0.25, 0.3) is 5.91 Å². The minimum atomic E-state index is -0.260. The Labute approximate surface area is 121 Å². The third kappa shape index (κ3) is 2.91. The molecule has 18 heavy (non-hydrogen) atoms. The molecular weight excluding hydrogens is 336 g/mol. The fourth-order valence-corrected chi connectivity index (χ4v) is 2.79. The highest BCUT2D eigenvalue weighted by Crippen LogP contribution is 2.25. The minimum Gasteiger partial charge on any atom is -0.320 e. The molecule has 0 fully saturated rings. The van der Waals surface area contributed by atoms with Gasteiger partial charge in [-0.05, 0) is 46.3 Å². The normalized spacial score (nSPS) is 9.83. The van der Waals surface area contributed by atoms with Crippen LogP contribution in [-0.2, 0) is 0 Å². The third-order valence-electron chi connectivity index (χ3n) is 2.15. The number of halogens is 2. The Bertz CT molecular complexity index is 648. The Morgan fingerprint density at radius 1 is 1.39 bits per heavy atom. The standard InChI is InChI=1S/C12H6BrClN2OS/c13-11-4-3-10(18-11)12(17)16-9-5-8(14)2-1-7(9)6-15/h1-5H,(H,16,17). The Morgan fingerprint density at radius 3 is 2.78 bits per heavy atom. The molecule has 1 amide bonds. The van der Waals surface area contributed by atoms with Crippen LogP contribution in [-0.4, -0.2) is 5.91 Å². The van der Waals surface area contributed by atoms with Gasteiger partial charge in [0.1, 0.15) is 6.07 Å². The molecule has 90 valence electrons. The van der Waals surface area contributed by atoms with Crippen LogP contribution in [0, 0.1) is 11.3 Å². The first-order chi connectivity index (χ1) is 8.60. The van der Waals surface area contributed by atoms with Gasteiger partial charge >= 0.3 is 0 Å². The fraction of sp³-hybridized carbons (Fsp3) is 0. The fourth-order valence-electron chi connectivity index (χ4n) is 1.34. The largest absolute Gasteiger partial charge is 0.320 e. The maximum Gasteiger partial charge on any atom is 0.265 e. The number of nitrogens with zero attached hydrogens (tertiary/aromatic N) is 1. The predicted octanol–water partition coefficient (Wildman–Crippen LogP) is 4.29. The molecule has 0 aliphatic heterocycles. The van der Waals surface area contributed by atoms with Crippen molar-refractivity contribution in [3.63, 3.8) is 0 Å². The van der Waals surface area contributed by atoms with E-state index >= 15 is 0 Å². The molecule has 0 spiro atoms. The van der Waals surface area contributed by atoms with E-state index in [-0.39, 0.29) is 5.91 Å². The zero-order chi connectivity index (χ0) is 13.1. The van der Waals surface area contributed by atoms with Crippen molar-refractivity contribution in [2.45, 2.75) is 0 Å². The van der Waals surface area contributed by atoms with Crippen molar-refractivity contribution < 1.29 is 4.79 Å². The number of amides is 1. The zero-order valence-corrected chi connectivity index (χ0v) is 12.1. The van der Waals surface area contributed by atoms with Crippen LogP contribution >= 0.6 is 38.9 Å². The number of anilines is 1. The molecular formula is C12H6BrClN2OS. The molecule has 0 saturated heterocycles. The molecule has 1 aromatic carbocycles. The first kappa shape index (κ1) is 13.1. The average molecular weight is 342 g/mol. The van der Waals surface area contributed by atoms with Crippen molar-refractivity contribution in [2.24, 2.45) is 0 Å². The topological polar surface area (TPSA) is 52.9 Å². The molecule has 2 aromatic rings. The zero-order valence-electron chi connectivity index (χ0n) is 8.91. The first-order valence-corrected chi connectivity index (χ1v) is 6.85. The van der Waals surface area contributed by atoms with Crippen molar-refractivity contribution in [3.8, 4) is 6.07 Å². The molecule has 0 bridgehead atoms. The number of carbonyl (C=O) groups excluding carboxylic acids is 1. The Balaban J connectivity index is 2.27. The maximum absolute atomic E-state index is 11.9. The van der Waals surface area contributed by atoms with Gasteiger partial charge < -0.3 is 5.32 Å². The van der Waals surface area contributed by atoms with Gasteiger partial charge in [0.2, 0.25) is 0 Å². The molecule has 6 heteroatoms. The van der Waals surface area contributed by atoms with E-state index in [1.165, 1.54) is 11.3 Å². The van der Waals surface area contributed by atoms with Gasteiger partial charge in [0.05, 0.1) is 19.9 Å². The summed E-state index contributed by atoms with van der Waals surface area (Å²) >= 11 is 10.5. The second-order valence-corrected chi connectivity index (χ2v) is 6.26. The van der Waals surface area contributed by atoms with Crippen molar-refractivity contribution in [3.05, 3.63) is 49.6 Å². The lowest BCUT2D eigenvalue weighted by atomic mass is 10.2. The second-order valence-electron chi connectivity index (χ2n) is 3.36. The summed E-state index contributed by atoms with van der Waals surface area (Å²) in [4.78, 5) is 12.5. The van der Waals surface area contributed by atoms with E-state index in [9.17, 15) is 4.79 Å². The summed E-state index contributed by atoms with van der Waals surface area (Å²) in [6, 6.07) is 10.2. The number of nitriles is 1. The second kappa shape index (κ2) is 5.53. The SMILES string of the molecule is N#Cc1ccc(Cl)cc1NC(=O)c1ccc(Br)s1. The van der Waals surface area contributed by atoms with Gasteiger partial charge in [-0.15, -0.1) is 11.3 Å². The maximum atomic E-state index is 11.9. The molecule has 2 rings (SSSR count). The number of benzene rings is 1. The van der Waals surface area contributed by atoms with E-state index in [1.807, 2.05) is 6.07 Å². The quantitative estimate of drug-likeness (QED) is 0.886. The van der Waals surface area contributed by atoms with Gasteiger partial charge in [-0.25, -0.2) is 0 Å². The van der Waals surface area contributed by atoms with E-state index in [4.69, 9.17) is 16.9 Å². The van der Waals surface area contributed by atoms with E-state index < -0.39 is 0 Å². The highest BCUT2D eigenvalue weighted by molar-refractivity contribution is 9.11. The van der Waals surface area contributed by atoms with Crippen LogP contribution < -0.4 is 5.32 Å². The lowest BCUT2D eigenvalue weighted by Gasteiger charge is -2.05. The summed E-state index contributed by atoms with van der Waals surface area (Å²) in [5, 5.41) is 12.1. The van der Waals surface area contributed by atoms with Crippen LogP contribution in [0.1, 0.15) is 15.2 Å². The van der Waals surface area contributed by atoms with E-state index in [2.05, 4.69) is 21.2 Å². The summed E-state index contributed by atoms with van der Waals surface area (Å²) < 4.78 is 0.874. The van der Waals surface area contributed by atoms with Crippen molar-refractivity contribution in [2.75, 3.05) is 5.32 Å². The summed E-state index contributed by atoms with van der Waals surface area (Å²) in [6.07, 6.45) is 0. The number of hydrogen-bond acceptors (Lipinski definition) is 3. The lowest BCUT2D eigenvalue weighted by molar-refractivity contribution is 0.103. The molecule has 1 heterocycles. The Kier molecular flexibility index (Phi) is 4.02. The number of thiophene rings is 1. The molecule has 0 atom stereocenters. The van der Waals surface area contributed by atoms with Crippen LogP contribution in [0.25, 0.3) is 0 Å². The molecule has 1 aromatic heterocycles. The first-order valence-electron chi connectivity index (χ1n) is 4.86. The van der Waals surface area contributed by atoms with Gasteiger partial charge in [-0.2, -0.15) is 5.26 Å². The summed E-state index contributed by atoms with van der Waals surface area (Å²) in [7, 11) is 0. The Hall–Kier alpha value is -1.35. The van der Waals surface area contributed by atoms with E-state index in [0.29, 0.717) is 21.2 Å². The van der Waals surface area contributed by atoms with Crippen LogP contribution in [0.3, 0.4) is 0 Å². The molecule has 3 nitrogen and oxygen atoms in total. The number of carbonyl (C=O) groups is 1. The summed E-state index contributed by atoms with van der Waals surface area (Å²) in [5.41, 5.74) is 0.794. The van der Waals surface area contributed by atoms with Crippen LogP contribution in [0.15, 0.2) is 34.1 Å². The van der Waals surface area contributed by atoms with Crippen LogP contribution in [0.4, 0.5) is 5.69 Å². The third-order valence-corrected chi connectivity index (χ3v) is 4.00. The average Bonchev–Trinajstić information content (AvgIpc) is 2.76. The van der Waals surface area contributed by atoms with Crippen molar-refractivity contribution in [1.82, 2.24) is 0 Å². The van der Waals surface area contributed by atoms with Gasteiger partial charge in [0, 0.05) is 5.02 Å². The molecule has 0 unspecified atom stereocenters. The number of nitrogens with one attached hydrogen (secondary N) is 1. The van der Waals surface area contributed by atoms with Crippen molar-refractivity contribution >= 4 is 50.5 Å². The van der Waals surface area contributed by atoms with Gasteiger partial charge in [-0.3, -0.25) is 4.79 Å². The Morgan fingerprint density at radius 2 is 2.17 bits per heavy atom. The molecule has 0 radical (unpaired) electrons. The number of rotatable bonds is 2. The van der Waals surface area contributed by atoms with Gasteiger partial charge in [0.15, 0.2) is 0 Å². The lowest BCUT2D eigenvalue weighted by Crippen LogP contribution is -2.11. The molecule has 0 aliphatic rings. The van der Waals surface area contributed by atoms with E-state index in [1.54, 1.807) is 30.3 Å². The monoisotopic (exact) mass is 340 g/mol. The number of hydrogen-bond donors (Lipinski definition) is 1. The summed E-state index contributed by atoms with van der Waals surface area (Å²) in [6.45, 7) is 0. The minimum absolute atomic E-state index is 0.260.